The molecule has 23 heavy (non-hydrogen) atoms. The van der Waals surface area contributed by atoms with E-state index in [1.54, 1.807) is 6.26 Å². The molecule has 120 valence electrons. The Bertz CT molecular complexity index is 692. The predicted molar refractivity (Wildman–Crippen MR) is 93.1 cm³/mol. The molecule has 2 aromatic rings. The standard InChI is InChI=1S/C19H23N3O/c1-2-4-18-14-20-19(13-17(18)3-1)22-9-6-16(7-10-22)5-8-21-11-12-23-15-21/h1-4,11-14,16H,5-10,15H2. The fraction of sp³-hybridized carbons (Fsp3) is 0.421. The van der Waals surface area contributed by atoms with E-state index in [1.807, 2.05) is 12.4 Å². The molecule has 2 aliphatic heterocycles. The van der Waals surface area contributed by atoms with Gasteiger partial charge in [-0.3, -0.25) is 0 Å². The minimum absolute atomic E-state index is 0.722. The molecule has 3 heterocycles. The van der Waals surface area contributed by atoms with Gasteiger partial charge in [0, 0.05) is 37.4 Å². The summed E-state index contributed by atoms with van der Waals surface area (Å²) in [7, 11) is 0. The zero-order valence-corrected chi connectivity index (χ0v) is 13.4. The van der Waals surface area contributed by atoms with Gasteiger partial charge in [0.05, 0.1) is 0 Å². The van der Waals surface area contributed by atoms with E-state index in [-0.39, 0.29) is 0 Å². The normalized spacial score (nSPS) is 18.6. The molecule has 0 bridgehead atoms. The second kappa shape index (κ2) is 6.49. The van der Waals surface area contributed by atoms with Crippen LogP contribution in [0.25, 0.3) is 10.8 Å². The zero-order chi connectivity index (χ0) is 15.5. The number of nitrogens with zero attached hydrogens (tertiary/aromatic N) is 3. The lowest BCUT2D eigenvalue weighted by atomic mass is 9.93. The van der Waals surface area contributed by atoms with Gasteiger partial charge < -0.3 is 14.5 Å². The summed E-state index contributed by atoms with van der Waals surface area (Å²) in [5.74, 6) is 1.94. The number of benzene rings is 1. The van der Waals surface area contributed by atoms with Crippen molar-refractivity contribution < 1.29 is 4.74 Å². The molecule has 0 atom stereocenters. The number of aromatic nitrogens is 1. The molecule has 0 spiro atoms. The van der Waals surface area contributed by atoms with E-state index in [0.717, 1.165) is 38.1 Å². The summed E-state index contributed by atoms with van der Waals surface area (Å²) in [5.41, 5.74) is 0. The molecule has 1 fully saturated rings. The molecule has 0 saturated carbocycles. The molecule has 2 aliphatic rings. The third-order valence-electron chi connectivity index (χ3n) is 4.99. The first-order chi connectivity index (χ1) is 11.4. The SMILES string of the molecule is C1=CN(CCC2CCN(c3cc4ccccc4cn3)CC2)CO1. The Morgan fingerprint density at radius 3 is 2.74 bits per heavy atom. The molecule has 0 N–H and O–H groups in total. The van der Waals surface area contributed by atoms with Crippen LogP contribution in [-0.2, 0) is 4.74 Å². The zero-order valence-electron chi connectivity index (χ0n) is 13.4. The maximum Gasteiger partial charge on any atom is 0.160 e. The molecule has 1 aromatic carbocycles. The maximum absolute atomic E-state index is 5.24. The Labute approximate surface area is 137 Å². The van der Waals surface area contributed by atoms with E-state index in [1.165, 1.54) is 30.0 Å². The summed E-state index contributed by atoms with van der Waals surface area (Å²) in [6.45, 7) is 4.06. The van der Waals surface area contributed by atoms with Crippen LogP contribution >= 0.6 is 0 Å². The van der Waals surface area contributed by atoms with Gasteiger partial charge in [0.1, 0.15) is 12.1 Å². The van der Waals surface area contributed by atoms with E-state index in [4.69, 9.17) is 4.74 Å². The highest BCUT2D eigenvalue weighted by Gasteiger charge is 2.21. The minimum Gasteiger partial charge on any atom is -0.479 e. The molecule has 4 rings (SSSR count). The Morgan fingerprint density at radius 2 is 1.96 bits per heavy atom. The molecule has 0 unspecified atom stereocenters. The summed E-state index contributed by atoms with van der Waals surface area (Å²) in [6.07, 6.45) is 9.60. The van der Waals surface area contributed by atoms with Crippen LogP contribution in [0.2, 0.25) is 0 Å². The molecule has 0 aliphatic carbocycles. The Morgan fingerprint density at radius 1 is 1.13 bits per heavy atom. The van der Waals surface area contributed by atoms with Crippen molar-refractivity contribution in [3.05, 3.63) is 49.0 Å². The third-order valence-corrected chi connectivity index (χ3v) is 4.99. The van der Waals surface area contributed by atoms with Crippen LogP contribution in [0.3, 0.4) is 0 Å². The molecule has 0 radical (unpaired) electrons. The predicted octanol–water partition coefficient (Wildman–Crippen LogP) is 3.60. The monoisotopic (exact) mass is 309 g/mol. The quantitative estimate of drug-likeness (QED) is 0.863. The smallest absolute Gasteiger partial charge is 0.160 e. The van der Waals surface area contributed by atoms with Crippen LogP contribution < -0.4 is 4.90 Å². The van der Waals surface area contributed by atoms with Gasteiger partial charge in [-0.25, -0.2) is 4.98 Å². The van der Waals surface area contributed by atoms with Gasteiger partial charge in [-0.1, -0.05) is 24.3 Å². The number of pyridine rings is 1. The molecule has 4 nitrogen and oxygen atoms in total. The van der Waals surface area contributed by atoms with Gasteiger partial charge in [-0.2, -0.15) is 0 Å². The van der Waals surface area contributed by atoms with Crippen molar-refractivity contribution in [1.82, 2.24) is 9.88 Å². The molecule has 0 amide bonds. The van der Waals surface area contributed by atoms with Crippen molar-refractivity contribution >= 4 is 16.6 Å². The fourth-order valence-corrected chi connectivity index (χ4v) is 3.49. The highest BCUT2D eigenvalue weighted by atomic mass is 16.5. The first-order valence-electron chi connectivity index (χ1n) is 8.50. The first-order valence-corrected chi connectivity index (χ1v) is 8.50. The maximum atomic E-state index is 5.24. The van der Waals surface area contributed by atoms with E-state index >= 15 is 0 Å². The molecule has 1 saturated heterocycles. The fourth-order valence-electron chi connectivity index (χ4n) is 3.49. The van der Waals surface area contributed by atoms with Crippen molar-refractivity contribution in [2.75, 3.05) is 31.3 Å². The van der Waals surface area contributed by atoms with Crippen molar-refractivity contribution in [3.8, 4) is 0 Å². The average molecular weight is 309 g/mol. The van der Waals surface area contributed by atoms with Crippen LogP contribution in [0.1, 0.15) is 19.3 Å². The minimum atomic E-state index is 0.722. The summed E-state index contributed by atoms with van der Waals surface area (Å²) in [6, 6.07) is 10.7. The van der Waals surface area contributed by atoms with E-state index < -0.39 is 0 Å². The highest BCUT2D eigenvalue weighted by Crippen LogP contribution is 2.26. The van der Waals surface area contributed by atoms with Crippen molar-refractivity contribution in [2.24, 2.45) is 5.92 Å². The number of hydrogen-bond acceptors (Lipinski definition) is 4. The van der Waals surface area contributed by atoms with E-state index in [2.05, 4.69) is 45.1 Å². The van der Waals surface area contributed by atoms with Gasteiger partial charge in [-0.15, -0.1) is 0 Å². The lowest BCUT2D eigenvalue weighted by Crippen LogP contribution is -2.35. The number of piperidine rings is 1. The van der Waals surface area contributed by atoms with Gasteiger partial charge >= 0.3 is 0 Å². The highest BCUT2D eigenvalue weighted by molar-refractivity contribution is 5.83. The molecular weight excluding hydrogens is 286 g/mol. The van der Waals surface area contributed by atoms with Crippen LogP contribution in [-0.4, -0.2) is 36.2 Å². The molecule has 4 heteroatoms. The van der Waals surface area contributed by atoms with Crippen LogP contribution in [0.15, 0.2) is 49.0 Å². The number of ether oxygens (including phenoxy) is 1. The summed E-state index contributed by atoms with van der Waals surface area (Å²) < 4.78 is 5.24. The van der Waals surface area contributed by atoms with Crippen molar-refractivity contribution in [2.45, 2.75) is 19.3 Å². The summed E-state index contributed by atoms with van der Waals surface area (Å²) in [4.78, 5) is 9.34. The van der Waals surface area contributed by atoms with E-state index in [9.17, 15) is 0 Å². The van der Waals surface area contributed by atoms with Crippen LogP contribution in [0.5, 0.6) is 0 Å². The third kappa shape index (κ3) is 3.26. The van der Waals surface area contributed by atoms with Crippen molar-refractivity contribution in [3.63, 3.8) is 0 Å². The van der Waals surface area contributed by atoms with Crippen LogP contribution in [0.4, 0.5) is 5.82 Å². The topological polar surface area (TPSA) is 28.6 Å². The number of rotatable bonds is 4. The first kappa shape index (κ1) is 14.4. The second-order valence-electron chi connectivity index (χ2n) is 6.50. The lowest BCUT2D eigenvalue weighted by molar-refractivity contribution is 0.162. The largest absolute Gasteiger partial charge is 0.479 e. The molecular formula is C19H23N3O. The lowest BCUT2D eigenvalue weighted by Gasteiger charge is -2.33. The van der Waals surface area contributed by atoms with Crippen molar-refractivity contribution in [1.29, 1.82) is 0 Å². The Kier molecular flexibility index (Phi) is 4.05. The Hall–Kier alpha value is -2.23. The number of anilines is 1. The summed E-state index contributed by atoms with van der Waals surface area (Å²) in [5, 5.41) is 2.49. The summed E-state index contributed by atoms with van der Waals surface area (Å²) >= 11 is 0. The van der Waals surface area contributed by atoms with Gasteiger partial charge in [0.25, 0.3) is 0 Å². The van der Waals surface area contributed by atoms with Gasteiger partial charge in [-0.05, 0) is 36.6 Å². The number of hydrogen-bond donors (Lipinski definition) is 0. The second-order valence-corrected chi connectivity index (χ2v) is 6.50. The van der Waals surface area contributed by atoms with Gasteiger partial charge in [0.15, 0.2) is 6.73 Å². The average Bonchev–Trinajstić information content (AvgIpc) is 3.14. The van der Waals surface area contributed by atoms with Crippen LogP contribution in [0, 0.1) is 5.92 Å². The van der Waals surface area contributed by atoms with E-state index in [0.29, 0.717) is 0 Å². The van der Waals surface area contributed by atoms with Gasteiger partial charge in [0.2, 0.25) is 0 Å². The Balaban J connectivity index is 1.33. The number of fused-ring (bicyclic) bond motifs is 1. The molecule has 1 aromatic heterocycles.